The summed E-state index contributed by atoms with van der Waals surface area (Å²) in [6.45, 7) is 6.32. The van der Waals surface area contributed by atoms with E-state index in [0.717, 1.165) is 43.2 Å². The van der Waals surface area contributed by atoms with Crippen molar-refractivity contribution in [3.8, 4) is 5.75 Å². The number of ether oxygens (including phenoxy) is 1. The van der Waals surface area contributed by atoms with Crippen molar-refractivity contribution in [1.82, 2.24) is 4.90 Å². The Bertz CT molecular complexity index is 740. The second kappa shape index (κ2) is 8.91. The third-order valence-electron chi connectivity index (χ3n) is 5.14. The Kier molecular flexibility index (Phi) is 6.35. The fourth-order valence-corrected chi connectivity index (χ4v) is 3.78. The highest BCUT2D eigenvalue weighted by Gasteiger charge is 2.35. The molecule has 1 aliphatic heterocycles. The van der Waals surface area contributed by atoms with Crippen LogP contribution >= 0.6 is 0 Å². The third kappa shape index (κ3) is 4.42. The zero-order chi connectivity index (χ0) is 19.2. The normalized spacial score (nSPS) is 16.0. The molecule has 0 radical (unpaired) electrons. The second-order valence-corrected chi connectivity index (χ2v) is 7.12. The summed E-state index contributed by atoms with van der Waals surface area (Å²) in [7, 11) is 3.68. The molecule has 2 aromatic rings. The van der Waals surface area contributed by atoms with E-state index in [4.69, 9.17) is 4.74 Å². The van der Waals surface area contributed by atoms with Gasteiger partial charge in [0.2, 0.25) is 0 Å². The summed E-state index contributed by atoms with van der Waals surface area (Å²) >= 11 is 0. The highest BCUT2D eigenvalue weighted by molar-refractivity contribution is 5.81. The van der Waals surface area contributed by atoms with E-state index in [9.17, 15) is 4.79 Å². The van der Waals surface area contributed by atoms with Gasteiger partial charge in [0.1, 0.15) is 5.75 Å². The van der Waals surface area contributed by atoms with Crippen LogP contribution in [-0.2, 0) is 4.79 Å². The zero-order valence-corrected chi connectivity index (χ0v) is 16.5. The number of piperazine rings is 1. The van der Waals surface area contributed by atoms with Gasteiger partial charge in [0.15, 0.2) is 6.04 Å². The first-order chi connectivity index (χ1) is 13.1. The van der Waals surface area contributed by atoms with Crippen molar-refractivity contribution in [2.45, 2.75) is 13.0 Å². The second-order valence-electron chi connectivity index (χ2n) is 7.12. The minimum Gasteiger partial charge on any atom is -0.492 e. The van der Waals surface area contributed by atoms with Gasteiger partial charge < -0.3 is 19.4 Å². The van der Waals surface area contributed by atoms with E-state index < -0.39 is 0 Å². The standard InChI is InChI=1S/C22H29N3O2/c1-4-27-20-13-9-8-12-19(20)24-14-16-25(17-15-24)21(22(26)23(2)3)18-10-6-5-7-11-18/h5-13,21H,4,14-17H2,1-3H3/p+1/t21-/m1/s1. The zero-order valence-electron chi connectivity index (χ0n) is 16.5. The van der Waals surface area contributed by atoms with Crippen LogP contribution in [0.4, 0.5) is 5.69 Å². The molecule has 1 amide bonds. The van der Waals surface area contributed by atoms with Crippen molar-refractivity contribution in [3.05, 3.63) is 60.2 Å². The number of nitrogens with one attached hydrogen (secondary N) is 1. The van der Waals surface area contributed by atoms with Crippen LogP contribution < -0.4 is 14.5 Å². The summed E-state index contributed by atoms with van der Waals surface area (Å²) in [5.41, 5.74) is 2.24. The molecule has 0 bridgehead atoms. The quantitative estimate of drug-likeness (QED) is 0.842. The van der Waals surface area contributed by atoms with Crippen LogP contribution in [0.1, 0.15) is 18.5 Å². The van der Waals surface area contributed by atoms with E-state index in [-0.39, 0.29) is 11.9 Å². The van der Waals surface area contributed by atoms with Crippen molar-refractivity contribution >= 4 is 11.6 Å². The molecule has 0 spiro atoms. The van der Waals surface area contributed by atoms with Gasteiger partial charge in [0.05, 0.1) is 38.5 Å². The van der Waals surface area contributed by atoms with Crippen molar-refractivity contribution in [3.63, 3.8) is 0 Å². The van der Waals surface area contributed by atoms with E-state index in [1.807, 2.05) is 51.4 Å². The summed E-state index contributed by atoms with van der Waals surface area (Å²) in [6.07, 6.45) is 0. The molecule has 0 aliphatic carbocycles. The first kappa shape index (κ1) is 19.2. The number of para-hydroxylation sites is 2. The maximum absolute atomic E-state index is 12.9. The van der Waals surface area contributed by atoms with Crippen molar-refractivity contribution < 1.29 is 14.4 Å². The van der Waals surface area contributed by atoms with Gasteiger partial charge in [-0.2, -0.15) is 0 Å². The van der Waals surface area contributed by atoms with Gasteiger partial charge in [-0.05, 0) is 19.1 Å². The van der Waals surface area contributed by atoms with Crippen LogP contribution in [0.2, 0.25) is 0 Å². The molecule has 0 aromatic heterocycles. The number of hydrogen-bond donors (Lipinski definition) is 1. The molecule has 1 fully saturated rings. The lowest BCUT2D eigenvalue weighted by Gasteiger charge is -2.38. The predicted octanol–water partition coefficient (Wildman–Crippen LogP) is 1.62. The lowest BCUT2D eigenvalue weighted by Crippen LogP contribution is -3.16. The summed E-state index contributed by atoms with van der Waals surface area (Å²) < 4.78 is 5.79. The molecule has 144 valence electrons. The number of amides is 1. The molecule has 5 heteroatoms. The summed E-state index contributed by atoms with van der Waals surface area (Å²) in [5.74, 6) is 1.10. The first-order valence-corrected chi connectivity index (χ1v) is 9.69. The number of nitrogens with zero attached hydrogens (tertiary/aromatic N) is 2. The fourth-order valence-electron chi connectivity index (χ4n) is 3.78. The molecule has 1 saturated heterocycles. The number of rotatable bonds is 6. The maximum atomic E-state index is 12.9. The Hall–Kier alpha value is -2.53. The molecule has 1 N–H and O–H groups in total. The fraction of sp³-hybridized carbons (Fsp3) is 0.409. The molecule has 1 atom stereocenters. The molecule has 2 aromatic carbocycles. The summed E-state index contributed by atoms with van der Waals surface area (Å²) in [6, 6.07) is 18.2. The SMILES string of the molecule is CCOc1ccccc1N1CC[NH+]([C@@H](C(=O)N(C)C)c2ccccc2)CC1. The topological polar surface area (TPSA) is 37.2 Å². The van der Waals surface area contributed by atoms with Gasteiger partial charge in [-0.25, -0.2) is 0 Å². The van der Waals surface area contributed by atoms with Crippen LogP contribution in [0, 0.1) is 0 Å². The van der Waals surface area contributed by atoms with E-state index in [2.05, 4.69) is 29.2 Å². The van der Waals surface area contributed by atoms with Gasteiger partial charge in [-0.1, -0.05) is 42.5 Å². The van der Waals surface area contributed by atoms with Crippen LogP contribution in [0.25, 0.3) is 0 Å². The van der Waals surface area contributed by atoms with Crippen molar-refractivity contribution in [1.29, 1.82) is 0 Å². The highest BCUT2D eigenvalue weighted by atomic mass is 16.5. The largest absolute Gasteiger partial charge is 0.492 e. The van der Waals surface area contributed by atoms with E-state index in [1.165, 1.54) is 4.90 Å². The molecule has 0 unspecified atom stereocenters. The highest BCUT2D eigenvalue weighted by Crippen LogP contribution is 2.28. The molecule has 0 saturated carbocycles. The number of anilines is 1. The van der Waals surface area contributed by atoms with Gasteiger partial charge in [0, 0.05) is 19.7 Å². The van der Waals surface area contributed by atoms with Gasteiger partial charge in [-0.3, -0.25) is 4.79 Å². The molecule has 1 aliphatic rings. The average Bonchev–Trinajstić information content (AvgIpc) is 2.70. The van der Waals surface area contributed by atoms with Crippen LogP contribution in [0.3, 0.4) is 0 Å². The van der Waals surface area contributed by atoms with E-state index in [0.29, 0.717) is 6.61 Å². The number of carbonyl (C=O) groups is 1. The molecule has 1 heterocycles. The molecule has 5 nitrogen and oxygen atoms in total. The maximum Gasteiger partial charge on any atom is 0.285 e. The smallest absolute Gasteiger partial charge is 0.285 e. The predicted molar refractivity (Wildman–Crippen MR) is 108 cm³/mol. The van der Waals surface area contributed by atoms with Crippen LogP contribution in [0.5, 0.6) is 5.75 Å². The third-order valence-corrected chi connectivity index (χ3v) is 5.14. The first-order valence-electron chi connectivity index (χ1n) is 9.69. The number of quaternary nitrogens is 1. The van der Waals surface area contributed by atoms with E-state index in [1.54, 1.807) is 4.90 Å². The van der Waals surface area contributed by atoms with Gasteiger partial charge in [0.25, 0.3) is 5.91 Å². The Morgan fingerprint density at radius 1 is 1.07 bits per heavy atom. The number of likely N-dealkylation sites (N-methyl/N-ethyl adjacent to an activating group) is 1. The van der Waals surface area contributed by atoms with Gasteiger partial charge in [-0.15, -0.1) is 0 Å². The molecular weight excluding hydrogens is 338 g/mol. The van der Waals surface area contributed by atoms with Crippen LogP contribution in [0.15, 0.2) is 54.6 Å². The number of carbonyl (C=O) groups excluding carboxylic acids is 1. The lowest BCUT2D eigenvalue weighted by atomic mass is 10.0. The van der Waals surface area contributed by atoms with Crippen molar-refractivity contribution in [2.24, 2.45) is 0 Å². The Balaban J connectivity index is 1.76. The van der Waals surface area contributed by atoms with Gasteiger partial charge >= 0.3 is 0 Å². The Morgan fingerprint density at radius 2 is 1.70 bits per heavy atom. The number of hydrogen-bond acceptors (Lipinski definition) is 3. The minimum absolute atomic E-state index is 0.148. The van der Waals surface area contributed by atoms with Crippen LogP contribution in [-0.4, -0.2) is 57.7 Å². The van der Waals surface area contributed by atoms with E-state index >= 15 is 0 Å². The Morgan fingerprint density at radius 3 is 2.33 bits per heavy atom. The lowest BCUT2D eigenvalue weighted by molar-refractivity contribution is -0.922. The average molecular weight is 369 g/mol. The molecule has 3 rings (SSSR count). The Labute approximate surface area is 162 Å². The monoisotopic (exact) mass is 368 g/mol. The molecule has 27 heavy (non-hydrogen) atoms. The van der Waals surface area contributed by atoms with Crippen molar-refractivity contribution in [2.75, 3.05) is 51.8 Å². The molecular formula is C22H30N3O2+. The minimum atomic E-state index is -0.148. The summed E-state index contributed by atoms with van der Waals surface area (Å²) in [5, 5.41) is 0. The number of benzene rings is 2. The summed E-state index contributed by atoms with van der Waals surface area (Å²) in [4.78, 5) is 18.3.